The van der Waals surface area contributed by atoms with Crippen LogP contribution in [0.25, 0.3) is 22.5 Å². The number of ether oxygens (including phenoxy) is 1. The maximum atomic E-state index is 13.2. The zero-order valence-electron chi connectivity index (χ0n) is 22.4. The third-order valence-corrected chi connectivity index (χ3v) is 7.91. The van der Waals surface area contributed by atoms with Gasteiger partial charge >= 0.3 is 0 Å². The molecule has 5 nitrogen and oxygen atoms in total. The molecule has 1 saturated heterocycles. The third kappa shape index (κ3) is 4.88. The number of fused-ring (bicyclic) bond motifs is 1. The fourth-order valence-corrected chi connectivity index (χ4v) is 5.89. The lowest BCUT2D eigenvalue weighted by molar-refractivity contribution is -0.123. The summed E-state index contributed by atoms with van der Waals surface area (Å²) in [7, 11) is 0. The van der Waals surface area contributed by atoms with Gasteiger partial charge in [-0.3, -0.25) is 14.5 Å². The van der Waals surface area contributed by atoms with Crippen LogP contribution in [0.3, 0.4) is 0 Å². The summed E-state index contributed by atoms with van der Waals surface area (Å²) in [5, 5.41) is 2.08. The highest BCUT2D eigenvalue weighted by molar-refractivity contribution is 8.18. The van der Waals surface area contributed by atoms with Gasteiger partial charge in [0, 0.05) is 16.8 Å². The number of carbonyl (C=O) groups excluding carboxylic acids is 2. The minimum absolute atomic E-state index is 0.211. The smallest absolute Gasteiger partial charge is 0.293 e. The molecule has 0 aliphatic carbocycles. The van der Waals surface area contributed by atoms with Crippen molar-refractivity contribution in [1.29, 1.82) is 0 Å². The van der Waals surface area contributed by atoms with Crippen LogP contribution < -0.4 is 4.74 Å². The molecule has 0 saturated carbocycles. The number of hydrogen-bond donors (Lipinski definition) is 0. The van der Waals surface area contributed by atoms with E-state index in [-0.39, 0.29) is 24.3 Å². The molecule has 0 unspecified atom stereocenters. The molecule has 0 spiro atoms. The van der Waals surface area contributed by atoms with E-state index in [1.807, 2.05) is 38.1 Å². The van der Waals surface area contributed by atoms with Gasteiger partial charge in [-0.15, -0.1) is 0 Å². The molecule has 6 heteroatoms. The number of aromatic nitrogens is 1. The van der Waals surface area contributed by atoms with Crippen molar-refractivity contribution in [1.82, 2.24) is 9.47 Å². The Morgan fingerprint density at radius 2 is 1.71 bits per heavy atom. The van der Waals surface area contributed by atoms with Crippen LogP contribution in [0, 0.1) is 20.8 Å². The summed E-state index contributed by atoms with van der Waals surface area (Å²) in [6.07, 6.45) is 1.84. The number of amides is 2. The zero-order chi connectivity index (χ0) is 27.0. The highest BCUT2D eigenvalue weighted by Crippen LogP contribution is 2.35. The average Bonchev–Trinajstić information content (AvgIpc) is 3.32. The summed E-state index contributed by atoms with van der Waals surface area (Å²) in [5.74, 6) is 0.855. The van der Waals surface area contributed by atoms with Crippen LogP contribution in [0.15, 0.2) is 71.6 Å². The third-order valence-electron chi connectivity index (χ3n) is 7.00. The summed E-state index contributed by atoms with van der Waals surface area (Å²) >= 11 is 0.989. The molecule has 0 bridgehead atoms. The largest absolute Gasteiger partial charge is 0.491 e. The zero-order valence-corrected chi connectivity index (χ0v) is 23.3. The summed E-state index contributed by atoms with van der Waals surface area (Å²) in [5.41, 5.74) is 6.34. The van der Waals surface area contributed by atoms with Crippen molar-refractivity contribution >= 4 is 39.8 Å². The molecule has 1 fully saturated rings. The van der Waals surface area contributed by atoms with Crippen molar-refractivity contribution < 1.29 is 14.3 Å². The van der Waals surface area contributed by atoms with E-state index in [0.717, 1.165) is 56.7 Å². The number of benzene rings is 3. The number of imide groups is 1. The Morgan fingerprint density at radius 1 is 0.947 bits per heavy atom. The van der Waals surface area contributed by atoms with Crippen molar-refractivity contribution in [2.75, 3.05) is 13.2 Å². The fourth-order valence-electron chi connectivity index (χ4n) is 5.03. The van der Waals surface area contributed by atoms with Crippen LogP contribution in [-0.4, -0.2) is 33.8 Å². The van der Waals surface area contributed by atoms with Crippen LogP contribution in [0.4, 0.5) is 4.79 Å². The van der Waals surface area contributed by atoms with Crippen LogP contribution in [-0.2, 0) is 4.79 Å². The van der Waals surface area contributed by atoms with Gasteiger partial charge in [0.05, 0.1) is 17.1 Å². The van der Waals surface area contributed by atoms with Crippen LogP contribution >= 0.6 is 11.8 Å². The molecule has 2 heterocycles. The fraction of sp³-hybridized carbons (Fsp3) is 0.250. The normalized spacial score (nSPS) is 14.9. The monoisotopic (exact) mass is 524 g/mol. The predicted molar refractivity (Wildman–Crippen MR) is 156 cm³/mol. The summed E-state index contributed by atoms with van der Waals surface area (Å²) in [4.78, 5) is 27.7. The van der Waals surface area contributed by atoms with Gasteiger partial charge in [-0.1, -0.05) is 62.4 Å². The van der Waals surface area contributed by atoms with Crippen molar-refractivity contribution in [3.05, 3.63) is 99.7 Å². The minimum atomic E-state index is -0.271. The van der Waals surface area contributed by atoms with Crippen molar-refractivity contribution in [2.45, 2.75) is 40.5 Å². The van der Waals surface area contributed by atoms with Gasteiger partial charge in [0.1, 0.15) is 12.4 Å². The molecule has 3 aromatic carbocycles. The SMILES string of the molecule is Cc1ccc(C(C)C)c(OCCN2C(=O)S/C(=C\c3cc(C)n(-c4cccc5ccccc45)c3C)C2=O)c1. The molecule has 1 aromatic heterocycles. The Bertz CT molecular complexity index is 1580. The molecular weight excluding hydrogens is 492 g/mol. The molecule has 1 aliphatic rings. The summed E-state index contributed by atoms with van der Waals surface area (Å²) < 4.78 is 8.24. The van der Waals surface area contributed by atoms with E-state index in [9.17, 15) is 9.59 Å². The lowest BCUT2D eigenvalue weighted by Gasteiger charge is -2.17. The first-order chi connectivity index (χ1) is 18.2. The van der Waals surface area contributed by atoms with E-state index in [2.05, 4.69) is 73.9 Å². The number of aryl methyl sites for hydroxylation is 2. The van der Waals surface area contributed by atoms with Gasteiger partial charge < -0.3 is 9.30 Å². The lowest BCUT2D eigenvalue weighted by Crippen LogP contribution is -2.32. The number of hydrogen-bond acceptors (Lipinski definition) is 4. The molecule has 0 radical (unpaired) electrons. The maximum Gasteiger partial charge on any atom is 0.293 e. The summed E-state index contributed by atoms with van der Waals surface area (Å²) in [6.45, 7) is 10.8. The first-order valence-electron chi connectivity index (χ1n) is 12.9. The van der Waals surface area contributed by atoms with E-state index in [4.69, 9.17) is 4.74 Å². The second-order valence-electron chi connectivity index (χ2n) is 10.0. The van der Waals surface area contributed by atoms with E-state index < -0.39 is 0 Å². The first-order valence-corrected chi connectivity index (χ1v) is 13.7. The predicted octanol–water partition coefficient (Wildman–Crippen LogP) is 7.79. The van der Waals surface area contributed by atoms with Crippen LogP contribution in [0.2, 0.25) is 0 Å². The second kappa shape index (κ2) is 10.5. The van der Waals surface area contributed by atoms with E-state index in [0.29, 0.717) is 10.8 Å². The van der Waals surface area contributed by atoms with Gasteiger partial charge in [-0.25, -0.2) is 0 Å². The molecule has 0 N–H and O–H groups in total. The van der Waals surface area contributed by atoms with Gasteiger partial charge in [-0.05, 0) is 84.8 Å². The molecule has 5 rings (SSSR count). The second-order valence-corrected chi connectivity index (χ2v) is 11.0. The minimum Gasteiger partial charge on any atom is -0.491 e. The molecular formula is C32H32N2O3S. The van der Waals surface area contributed by atoms with Crippen molar-refractivity contribution in [2.24, 2.45) is 0 Å². The van der Waals surface area contributed by atoms with Gasteiger partial charge in [0.2, 0.25) is 0 Å². The quantitative estimate of drug-likeness (QED) is 0.232. The number of rotatable bonds is 7. The maximum absolute atomic E-state index is 13.2. The lowest BCUT2D eigenvalue weighted by atomic mass is 10.0. The summed E-state index contributed by atoms with van der Waals surface area (Å²) in [6, 6.07) is 22.8. The van der Waals surface area contributed by atoms with Gasteiger partial charge in [0.25, 0.3) is 11.1 Å². The average molecular weight is 525 g/mol. The molecule has 4 aromatic rings. The number of carbonyl (C=O) groups is 2. The Hall–Kier alpha value is -3.77. The standard InChI is InChI=1S/C32H32N2O3S/c1-20(2)26-14-13-21(3)17-29(26)37-16-15-33-31(35)30(38-32(33)36)19-25-18-22(4)34(23(25)5)28-12-8-10-24-9-6-7-11-27(24)28/h6-14,17-20H,15-16H2,1-5H3/b30-19-. The number of thioether (sulfide) groups is 1. The van der Waals surface area contributed by atoms with E-state index in [1.165, 1.54) is 10.3 Å². The molecule has 1 aliphatic heterocycles. The topological polar surface area (TPSA) is 51.5 Å². The van der Waals surface area contributed by atoms with Gasteiger partial charge in [0.15, 0.2) is 0 Å². The highest BCUT2D eigenvalue weighted by atomic mass is 32.2. The first kappa shape index (κ1) is 25.9. The van der Waals surface area contributed by atoms with Crippen LogP contribution in [0.5, 0.6) is 5.75 Å². The Morgan fingerprint density at radius 3 is 2.50 bits per heavy atom. The molecule has 0 atom stereocenters. The molecule has 2 amide bonds. The molecule has 38 heavy (non-hydrogen) atoms. The number of nitrogens with zero attached hydrogens (tertiary/aromatic N) is 2. The van der Waals surface area contributed by atoms with Crippen molar-refractivity contribution in [3.63, 3.8) is 0 Å². The van der Waals surface area contributed by atoms with Gasteiger partial charge in [-0.2, -0.15) is 0 Å². The molecule has 194 valence electrons. The van der Waals surface area contributed by atoms with E-state index >= 15 is 0 Å². The van der Waals surface area contributed by atoms with Crippen molar-refractivity contribution in [3.8, 4) is 11.4 Å². The Labute approximate surface area is 228 Å². The van der Waals surface area contributed by atoms with E-state index in [1.54, 1.807) is 0 Å². The van der Waals surface area contributed by atoms with Crippen LogP contribution in [0.1, 0.15) is 47.8 Å². The Kier molecular flexibility index (Phi) is 7.17. The highest BCUT2D eigenvalue weighted by Gasteiger charge is 2.35. The Balaban J connectivity index is 1.35.